The first-order valence-electron chi connectivity index (χ1n) is 24.5. The fourth-order valence-corrected chi connectivity index (χ4v) is 15.6. The first-order chi connectivity index (χ1) is 31.4. The predicted molar refractivity (Wildman–Crippen MR) is 230 cm³/mol. The number of carbonyl (C=O) groups is 1. The molecule has 5 aliphatic carbocycles. The largest absolute Gasteiger partial charge is 0.461 e. The van der Waals surface area contributed by atoms with Gasteiger partial charge in [0.05, 0.1) is 32.0 Å². The maximum Gasteiger partial charge on any atom is 0.315 e. The van der Waals surface area contributed by atoms with Crippen LogP contribution in [0.25, 0.3) is 0 Å². The summed E-state index contributed by atoms with van der Waals surface area (Å²) in [6, 6.07) is 0. The number of hydrogen-bond donors (Lipinski definition) is 11. The smallest absolute Gasteiger partial charge is 0.315 e. The lowest BCUT2D eigenvalue weighted by Crippen LogP contribution is -2.68. The number of allylic oxidation sites excluding steroid dienone is 2. The van der Waals surface area contributed by atoms with Crippen molar-refractivity contribution in [2.24, 2.45) is 50.2 Å². The van der Waals surface area contributed by atoms with Crippen molar-refractivity contribution >= 4 is 5.97 Å². The molecule has 19 heteroatoms. The quantitative estimate of drug-likeness (QED) is 0.0760. The molecule has 67 heavy (non-hydrogen) atoms. The molecule has 0 aromatic carbocycles. The van der Waals surface area contributed by atoms with Crippen LogP contribution in [0.5, 0.6) is 0 Å². The van der Waals surface area contributed by atoms with Crippen molar-refractivity contribution in [3.8, 4) is 0 Å². The van der Waals surface area contributed by atoms with Crippen molar-refractivity contribution in [1.29, 1.82) is 0 Å². The summed E-state index contributed by atoms with van der Waals surface area (Å²) in [5.74, 6) is -0.303. The highest BCUT2D eigenvalue weighted by Gasteiger charge is 2.75. The fraction of sp³-hybridized carbons (Fsp3) is 0.938. The fourth-order valence-electron chi connectivity index (χ4n) is 15.6. The van der Waals surface area contributed by atoms with E-state index in [0.29, 0.717) is 25.7 Å². The van der Waals surface area contributed by atoms with Gasteiger partial charge in [-0.1, -0.05) is 60.1 Å². The third-order valence-electron chi connectivity index (χ3n) is 19.8. The van der Waals surface area contributed by atoms with Crippen LogP contribution in [-0.4, -0.2) is 192 Å². The number of aliphatic hydroxyl groups excluding tert-OH is 11. The number of carbonyl (C=O) groups excluding carboxylic acids is 1. The lowest BCUT2D eigenvalue weighted by atomic mass is 9.33. The molecule has 0 amide bonds. The summed E-state index contributed by atoms with van der Waals surface area (Å²) in [6.07, 6.45) is -17.0. The van der Waals surface area contributed by atoms with Crippen molar-refractivity contribution in [3.63, 3.8) is 0 Å². The Hall–Kier alpha value is -1.47. The Morgan fingerprint density at radius 3 is 1.72 bits per heavy atom. The van der Waals surface area contributed by atoms with E-state index < -0.39 is 140 Å². The van der Waals surface area contributed by atoms with Gasteiger partial charge in [-0.2, -0.15) is 0 Å². The summed E-state index contributed by atoms with van der Waals surface area (Å²) in [5, 5.41) is 117. The van der Waals surface area contributed by atoms with Crippen LogP contribution < -0.4 is 0 Å². The van der Waals surface area contributed by atoms with Crippen molar-refractivity contribution < 1.29 is 94.1 Å². The average Bonchev–Trinajstić information content (AvgIpc) is 3.60. The highest BCUT2D eigenvalue weighted by atomic mass is 16.7. The highest BCUT2D eigenvalue weighted by molar-refractivity contribution is 5.82. The second kappa shape index (κ2) is 17.3. The van der Waals surface area contributed by atoms with Gasteiger partial charge in [-0.25, -0.2) is 0 Å². The van der Waals surface area contributed by atoms with Crippen LogP contribution in [0.2, 0.25) is 0 Å². The van der Waals surface area contributed by atoms with Gasteiger partial charge >= 0.3 is 5.97 Å². The third kappa shape index (κ3) is 7.33. The van der Waals surface area contributed by atoms with Gasteiger partial charge in [0.1, 0.15) is 84.8 Å². The summed E-state index contributed by atoms with van der Waals surface area (Å²) in [6.45, 7) is 13.7. The Morgan fingerprint density at radius 2 is 1.13 bits per heavy atom. The topological polar surface area (TPSA) is 304 Å². The van der Waals surface area contributed by atoms with Gasteiger partial charge in [-0.05, 0) is 84.4 Å². The van der Waals surface area contributed by atoms with Crippen LogP contribution in [0.15, 0.2) is 11.6 Å². The van der Waals surface area contributed by atoms with E-state index in [4.69, 9.17) is 33.2 Å². The molecular weight excluding hydrogens is 881 g/mol. The molecule has 0 radical (unpaired) electrons. The van der Waals surface area contributed by atoms with E-state index >= 15 is 0 Å². The molecule has 9 rings (SSSR count). The van der Waals surface area contributed by atoms with E-state index in [-0.39, 0.29) is 46.1 Å². The SMILES string of the molecule is CC1(C)C[C@H]2C3=CCC4[C@@]5(C)CC[C@H](O[C@@H]6O[C@H](CO)[C@@H](O[C@@H]7O[C@H](CO)[C@@H](O)[C@H](O)[C@H]7O)[C@H](O)[C@H]6O)C(C)(C)C5CC[C@@]4(C)[C@]3(C)C[C@@H](O[C@@H]3O[C@H](CO)[C@@H](O)[C@H](O)[C@H]3O)[C@@]23C[C@@H]1OC3=O. The van der Waals surface area contributed by atoms with Crippen molar-refractivity contribution in [1.82, 2.24) is 0 Å². The van der Waals surface area contributed by atoms with E-state index in [1.54, 1.807) is 0 Å². The minimum absolute atomic E-state index is 0.118. The second-order valence-corrected chi connectivity index (χ2v) is 23.7. The number of fused-ring (bicyclic) bond motifs is 7. The minimum atomic E-state index is -1.78. The summed E-state index contributed by atoms with van der Waals surface area (Å²) < 4.78 is 42.9. The van der Waals surface area contributed by atoms with Gasteiger partial charge < -0.3 is 89.3 Å². The van der Waals surface area contributed by atoms with Crippen LogP contribution in [0.3, 0.4) is 0 Å². The summed E-state index contributed by atoms with van der Waals surface area (Å²) in [5.41, 5.74) is -1.72. The van der Waals surface area contributed by atoms with E-state index in [1.807, 2.05) is 0 Å². The standard InChI is InChI=1S/C48H76O19/c1-43(2)14-21-20-8-9-26-45(5)12-11-27(64-40-37(59)34(56)38(24(19-51)63-40)67-41-36(58)33(55)31(53)23(18-50)62-41)44(3,4)25(45)10-13-46(26,6)47(20,7)15-29(48(21)16-28(43)66-42(48)60)65-39-35(57)32(54)30(52)22(17-49)61-39/h8,21-41,49-59H,9-19H2,1-7H3/t21-,22+,23+,24+,25?,26?,27-,28-,29+,30+,31+,32-,33-,34+,35+,36+,37+,38+,39-,40-,41-,45-,46+,47+,48+/m0/s1. The van der Waals surface area contributed by atoms with Gasteiger partial charge in [-0.15, -0.1) is 0 Å². The molecule has 8 fully saturated rings. The zero-order valence-corrected chi connectivity index (χ0v) is 39.7. The Morgan fingerprint density at radius 1 is 0.597 bits per heavy atom. The molecule has 382 valence electrons. The van der Waals surface area contributed by atoms with Crippen LogP contribution in [0.1, 0.15) is 99.8 Å². The number of hydrogen-bond acceptors (Lipinski definition) is 19. The molecule has 19 nitrogen and oxygen atoms in total. The normalized spacial score (nSPS) is 55.6. The van der Waals surface area contributed by atoms with Gasteiger partial charge in [-0.3, -0.25) is 4.79 Å². The third-order valence-corrected chi connectivity index (χ3v) is 19.8. The molecule has 4 aliphatic heterocycles. The lowest BCUT2D eigenvalue weighted by molar-refractivity contribution is -0.368. The zero-order chi connectivity index (χ0) is 48.7. The molecule has 4 saturated heterocycles. The first-order valence-corrected chi connectivity index (χ1v) is 24.5. The molecule has 2 bridgehead atoms. The van der Waals surface area contributed by atoms with Crippen molar-refractivity contribution in [2.45, 2.75) is 210 Å². The molecule has 25 atom stereocenters. The van der Waals surface area contributed by atoms with E-state index in [2.05, 4.69) is 54.5 Å². The molecular formula is C48H76O19. The maximum absolute atomic E-state index is 14.5. The Labute approximate surface area is 391 Å². The van der Waals surface area contributed by atoms with E-state index in [0.717, 1.165) is 25.7 Å². The number of esters is 1. The monoisotopic (exact) mass is 956 g/mol. The molecule has 1 spiro atoms. The highest BCUT2D eigenvalue weighted by Crippen LogP contribution is 2.77. The van der Waals surface area contributed by atoms with E-state index in [1.165, 1.54) is 5.57 Å². The van der Waals surface area contributed by atoms with Crippen LogP contribution in [-0.2, 0) is 38.0 Å². The van der Waals surface area contributed by atoms with Crippen LogP contribution >= 0.6 is 0 Å². The van der Waals surface area contributed by atoms with Crippen molar-refractivity contribution in [2.75, 3.05) is 19.8 Å². The molecule has 2 unspecified atom stereocenters. The average molecular weight is 957 g/mol. The van der Waals surface area contributed by atoms with Gasteiger partial charge in [0.15, 0.2) is 18.9 Å². The maximum atomic E-state index is 14.5. The first kappa shape index (κ1) is 50.5. The van der Waals surface area contributed by atoms with E-state index in [9.17, 15) is 61.0 Å². The van der Waals surface area contributed by atoms with Gasteiger partial charge in [0.25, 0.3) is 0 Å². The molecule has 4 saturated carbocycles. The Balaban J connectivity index is 0.966. The molecule has 4 heterocycles. The van der Waals surface area contributed by atoms with Crippen LogP contribution in [0, 0.1) is 50.2 Å². The van der Waals surface area contributed by atoms with Crippen LogP contribution in [0.4, 0.5) is 0 Å². The summed E-state index contributed by atoms with van der Waals surface area (Å²) in [7, 11) is 0. The molecule has 11 N–H and O–H groups in total. The molecule has 9 aliphatic rings. The predicted octanol–water partition coefficient (Wildman–Crippen LogP) is -0.872. The van der Waals surface area contributed by atoms with Gasteiger partial charge in [0, 0.05) is 11.8 Å². The number of ether oxygens (including phenoxy) is 7. The summed E-state index contributed by atoms with van der Waals surface area (Å²) in [4.78, 5) is 14.5. The molecule has 0 aromatic heterocycles. The zero-order valence-electron chi connectivity index (χ0n) is 39.7. The summed E-state index contributed by atoms with van der Waals surface area (Å²) >= 11 is 0. The van der Waals surface area contributed by atoms with Gasteiger partial charge in [0.2, 0.25) is 0 Å². The second-order valence-electron chi connectivity index (χ2n) is 23.7. The Bertz CT molecular complexity index is 1880. The number of rotatable bonds is 9. The van der Waals surface area contributed by atoms with Crippen molar-refractivity contribution in [3.05, 3.63) is 11.6 Å². The minimum Gasteiger partial charge on any atom is -0.461 e. The Kier molecular flexibility index (Phi) is 13.1. The lowest BCUT2D eigenvalue weighted by Gasteiger charge is -2.71. The molecule has 0 aromatic rings. The number of aliphatic hydroxyl groups is 11.